The van der Waals surface area contributed by atoms with E-state index in [1.807, 2.05) is 60.7 Å². The number of fused-ring (bicyclic) bond motifs is 1. The summed E-state index contributed by atoms with van der Waals surface area (Å²) in [6.07, 6.45) is 0. The smallest absolute Gasteiger partial charge is 0.268 e. The van der Waals surface area contributed by atoms with Gasteiger partial charge in [-0.1, -0.05) is 66.7 Å². The van der Waals surface area contributed by atoms with E-state index in [0.717, 1.165) is 11.1 Å². The van der Waals surface area contributed by atoms with Crippen molar-refractivity contribution in [3.8, 4) is 11.5 Å². The van der Waals surface area contributed by atoms with Gasteiger partial charge in [-0.05, 0) is 23.3 Å². The summed E-state index contributed by atoms with van der Waals surface area (Å²) in [6.45, 7) is 0.462. The van der Waals surface area contributed by atoms with Crippen LogP contribution in [0.1, 0.15) is 22.7 Å². The van der Waals surface area contributed by atoms with Crippen LogP contribution >= 0.6 is 0 Å². The highest BCUT2D eigenvalue weighted by Crippen LogP contribution is 2.54. The number of amides is 1. The maximum Gasteiger partial charge on any atom is 0.268 e. The molecule has 0 aliphatic carbocycles. The molecule has 1 saturated heterocycles. The zero-order chi connectivity index (χ0) is 19.1. The summed E-state index contributed by atoms with van der Waals surface area (Å²) in [5.41, 5.74) is -0.125. The molecule has 28 heavy (non-hydrogen) atoms. The largest absolute Gasteiger partial charge is 0.454 e. The zero-order valence-electron chi connectivity index (χ0n) is 15.0. The van der Waals surface area contributed by atoms with Gasteiger partial charge in [0.1, 0.15) is 6.04 Å². The van der Waals surface area contributed by atoms with Crippen LogP contribution in [0.3, 0.4) is 0 Å². The Hall–Kier alpha value is -3.34. The number of rotatable bonds is 4. The Bertz CT molecular complexity index is 1020. The van der Waals surface area contributed by atoms with Crippen molar-refractivity contribution in [3.63, 3.8) is 0 Å². The molecule has 3 aromatic carbocycles. The number of halogens is 1. The summed E-state index contributed by atoms with van der Waals surface area (Å²) in [5.74, 6) is 0.497. The third kappa shape index (κ3) is 2.47. The topological polar surface area (TPSA) is 38.8 Å². The summed E-state index contributed by atoms with van der Waals surface area (Å²) in [4.78, 5) is 14.6. The number of alkyl halides is 1. The molecule has 0 saturated carbocycles. The fraction of sp³-hybridized carbons (Fsp3) is 0.174. The minimum Gasteiger partial charge on any atom is -0.454 e. The number of hydrogen-bond acceptors (Lipinski definition) is 3. The van der Waals surface area contributed by atoms with E-state index in [1.165, 1.54) is 0 Å². The molecule has 5 rings (SSSR count). The number of benzene rings is 3. The Morgan fingerprint density at radius 2 is 1.61 bits per heavy atom. The molecule has 5 heteroatoms. The van der Waals surface area contributed by atoms with Gasteiger partial charge in [-0.15, -0.1) is 0 Å². The SMILES string of the molecule is O=C1N(Cc2ccccc2)[C@@H](c2ccccc2)[C@]1(F)c1ccc2c(c1)OCO2. The van der Waals surface area contributed by atoms with Crippen LogP contribution in [-0.4, -0.2) is 17.6 Å². The zero-order valence-corrected chi connectivity index (χ0v) is 15.0. The van der Waals surface area contributed by atoms with Crippen molar-refractivity contribution in [3.05, 3.63) is 95.6 Å². The van der Waals surface area contributed by atoms with E-state index >= 15 is 4.39 Å². The molecule has 1 amide bonds. The van der Waals surface area contributed by atoms with Crippen LogP contribution in [-0.2, 0) is 17.0 Å². The van der Waals surface area contributed by atoms with Crippen LogP contribution in [0.25, 0.3) is 0 Å². The molecule has 140 valence electrons. The molecule has 2 aliphatic heterocycles. The van der Waals surface area contributed by atoms with Crippen molar-refractivity contribution < 1.29 is 18.7 Å². The van der Waals surface area contributed by atoms with Gasteiger partial charge in [-0.25, -0.2) is 4.39 Å². The second-order valence-electron chi connectivity index (χ2n) is 7.01. The summed E-state index contributed by atoms with van der Waals surface area (Å²) in [6, 6.07) is 23.1. The van der Waals surface area contributed by atoms with Crippen molar-refractivity contribution in [2.75, 3.05) is 6.79 Å². The Kier molecular flexibility index (Phi) is 3.83. The van der Waals surface area contributed by atoms with Crippen LogP contribution in [0.5, 0.6) is 11.5 Å². The quantitative estimate of drug-likeness (QED) is 0.636. The molecule has 2 heterocycles. The normalized spacial score (nSPS) is 22.8. The van der Waals surface area contributed by atoms with E-state index < -0.39 is 17.6 Å². The fourth-order valence-corrected chi connectivity index (χ4v) is 3.98. The molecule has 1 fully saturated rings. The van der Waals surface area contributed by atoms with E-state index in [9.17, 15) is 4.79 Å². The van der Waals surface area contributed by atoms with Gasteiger partial charge in [0, 0.05) is 12.1 Å². The van der Waals surface area contributed by atoms with Gasteiger partial charge < -0.3 is 14.4 Å². The standard InChI is InChI=1S/C23H18FNO3/c24-23(18-11-12-19-20(13-18)28-15-27-19)21(17-9-5-2-6-10-17)25(22(23)26)14-16-7-3-1-4-8-16/h1-13,21H,14-15H2/t21-,23+/m0/s1. The minimum absolute atomic E-state index is 0.105. The summed E-state index contributed by atoms with van der Waals surface area (Å²) >= 11 is 0. The number of ether oxygens (including phenoxy) is 2. The van der Waals surface area contributed by atoms with E-state index in [2.05, 4.69) is 0 Å². The average molecular weight is 375 g/mol. The highest BCUT2D eigenvalue weighted by molar-refractivity contribution is 5.94. The maximum absolute atomic E-state index is 16.3. The minimum atomic E-state index is -2.14. The Morgan fingerprint density at radius 3 is 2.36 bits per heavy atom. The molecule has 2 atom stereocenters. The van der Waals surface area contributed by atoms with E-state index in [-0.39, 0.29) is 6.79 Å². The van der Waals surface area contributed by atoms with Gasteiger partial charge in [0.25, 0.3) is 5.91 Å². The molecular formula is C23H18FNO3. The van der Waals surface area contributed by atoms with Crippen LogP contribution < -0.4 is 9.47 Å². The molecule has 0 unspecified atom stereocenters. The molecule has 3 aromatic rings. The van der Waals surface area contributed by atoms with E-state index in [4.69, 9.17) is 9.47 Å². The second kappa shape index (κ2) is 6.37. The molecule has 0 radical (unpaired) electrons. The summed E-state index contributed by atoms with van der Waals surface area (Å²) < 4.78 is 27.0. The van der Waals surface area contributed by atoms with E-state index in [1.54, 1.807) is 23.1 Å². The van der Waals surface area contributed by atoms with Crippen LogP contribution in [0.2, 0.25) is 0 Å². The van der Waals surface area contributed by atoms with Gasteiger partial charge >= 0.3 is 0 Å². The van der Waals surface area contributed by atoms with Crippen molar-refractivity contribution >= 4 is 5.91 Å². The number of carbonyl (C=O) groups excluding carboxylic acids is 1. The highest BCUT2D eigenvalue weighted by Gasteiger charge is 2.63. The lowest BCUT2D eigenvalue weighted by atomic mass is 9.74. The van der Waals surface area contributed by atoms with Gasteiger partial charge in [0.05, 0.1) is 0 Å². The first kappa shape index (κ1) is 16.8. The van der Waals surface area contributed by atoms with E-state index in [0.29, 0.717) is 23.6 Å². The second-order valence-corrected chi connectivity index (χ2v) is 7.01. The fourth-order valence-electron chi connectivity index (χ4n) is 3.98. The Balaban J connectivity index is 1.56. The van der Waals surface area contributed by atoms with Crippen molar-refractivity contribution in [2.24, 2.45) is 0 Å². The van der Waals surface area contributed by atoms with Crippen molar-refractivity contribution in [1.29, 1.82) is 0 Å². The average Bonchev–Trinajstić information content (AvgIpc) is 3.22. The molecule has 0 aromatic heterocycles. The predicted molar refractivity (Wildman–Crippen MR) is 102 cm³/mol. The molecule has 0 bridgehead atoms. The molecular weight excluding hydrogens is 357 g/mol. The molecule has 0 N–H and O–H groups in total. The predicted octanol–water partition coefficient (Wildman–Crippen LogP) is 4.36. The summed E-state index contributed by atoms with van der Waals surface area (Å²) in [5, 5.41) is 0. The van der Waals surface area contributed by atoms with Crippen LogP contribution in [0.4, 0.5) is 4.39 Å². The molecule has 2 aliphatic rings. The number of hydrogen-bond donors (Lipinski definition) is 0. The first-order valence-electron chi connectivity index (χ1n) is 9.17. The van der Waals surface area contributed by atoms with Crippen LogP contribution in [0.15, 0.2) is 78.9 Å². The lowest BCUT2D eigenvalue weighted by Crippen LogP contribution is -2.63. The van der Waals surface area contributed by atoms with Gasteiger partial charge in [0.2, 0.25) is 12.5 Å². The number of carbonyl (C=O) groups is 1. The van der Waals surface area contributed by atoms with Crippen molar-refractivity contribution in [1.82, 2.24) is 4.90 Å². The Morgan fingerprint density at radius 1 is 0.929 bits per heavy atom. The number of β-lactam (4-membered cyclic amide) rings is 1. The Labute approximate surface area is 162 Å². The van der Waals surface area contributed by atoms with Gasteiger partial charge in [-0.2, -0.15) is 0 Å². The third-order valence-electron chi connectivity index (χ3n) is 5.36. The first-order chi connectivity index (χ1) is 13.7. The summed E-state index contributed by atoms with van der Waals surface area (Å²) in [7, 11) is 0. The van der Waals surface area contributed by atoms with Gasteiger partial charge in [-0.3, -0.25) is 4.79 Å². The number of nitrogens with zero attached hydrogens (tertiary/aromatic N) is 1. The first-order valence-corrected chi connectivity index (χ1v) is 9.17. The third-order valence-corrected chi connectivity index (χ3v) is 5.36. The monoisotopic (exact) mass is 375 g/mol. The lowest BCUT2D eigenvalue weighted by molar-refractivity contribution is -0.181. The lowest BCUT2D eigenvalue weighted by Gasteiger charge is -2.51. The molecule has 0 spiro atoms. The van der Waals surface area contributed by atoms with Crippen molar-refractivity contribution in [2.45, 2.75) is 18.3 Å². The maximum atomic E-state index is 16.3. The molecule has 4 nitrogen and oxygen atoms in total. The highest BCUT2D eigenvalue weighted by atomic mass is 19.1. The number of likely N-dealkylation sites (tertiary alicyclic amines) is 1. The van der Waals surface area contributed by atoms with Gasteiger partial charge in [0.15, 0.2) is 11.5 Å². The van der Waals surface area contributed by atoms with Crippen LogP contribution in [0, 0.1) is 0 Å².